The van der Waals surface area contributed by atoms with E-state index < -0.39 is 0 Å². The predicted molar refractivity (Wildman–Crippen MR) is 88.5 cm³/mol. The minimum absolute atomic E-state index is 0.00709. The maximum Gasteiger partial charge on any atom is 0.255 e. The van der Waals surface area contributed by atoms with Gasteiger partial charge < -0.3 is 4.90 Å². The van der Waals surface area contributed by atoms with Crippen LogP contribution in [0.15, 0.2) is 53.0 Å². The second-order valence-electron chi connectivity index (χ2n) is 5.27. The highest BCUT2D eigenvalue weighted by Crippen LogP contribution is 2.32. The van der Waals surface area contributed by atoms with Crippen molar-refractivity contribution in [3.8, 4) is 0 Å². The van der Waals surface area contributed by atoms with Crippen molar-refractivity contribution in [3.05, 3.63) is 69.2 Å². The van der Waals surface area contributed by atoms with E-state index in [4.69, 9.17) is 11.6 Å². The maximum atomic E-state index is 12.8. The third-order valence-corrected chi connectivity index (χ3v) is 4.43. The number of benzene rings is 2. The molecule has 1 aliphatic rings. The van der Waals surface area contributed by atoms with E-state index in [0.717, 1.165) is 22.9 Å². The molecule has 0 aromatic heterocycles. The molecular formula is C17H15BrClNO. The molecule has 0 atom stereocenters. The molecule has 108 valence electrons. The summed E-state index contributed by atoms with van der Waals surface area (Å²) in [5, 5.41) is 0.502. The van der Waals surface area contributed by atoms with Crippen LogP contribution in [0, 0.1) is 0 Å². The van der Waals surface area contributed by atoms with Gasteiger partial charge in [-0.05, 0) is 36.6 Å². The van der Waals surface area contributed by atoms with Gasteiger partial charge in [0.1, 0.15) is 0 Å². The van der Waals surface area contributed by atoms with E-state index in [2.05, 4.69) is 15.9 Å². The molecule has 0 radical (unpaired) electrons. The Bertz CT molecular complexity index is 655. The van der Waals surface area contributed by atoms with Crippen molar-refractivity contribution in [2.45, 2.75) is 25.4 Å². The Morgan fingerprint density at radius 2 is 1.90 bits per heavy atom. The lowest BCUT2D eigenvalue weighted by atomic mass is 10.1. The lowest BCUT2D eigenvalue weighted by molar-refractivity contribution is 0.0730. The average molecular weight is 365 g/mol. The SMILES string of the molecule is O=C(c1cc(Br)ccc1Cl)N(Cc1ccccc1)C1CC1. The molecule has 2 aromatic rings. The molecule has 0 saturated heterocycles. The third kappa shape index (κ3) is 3.47. The van der Waals surface area contributed by atoms with Gasteiger partial charge in [-0.15, -0.1) is 0 Å². The van der Waals surface area contributed by atoms with Crippen LogP contribution < -0.4 is 0 Å². The first-order valence-corrected chi connectivity index (χ1v) is 8.12. The van der Waals surface area contributed by atoms with E-state index in [0.29, 0.717) is 23.2 Å². The summed E-state index contributed by atoms with van der Waals surface area (Å²) in [7, 11) is 0. The summed E-state index contributed by atoms with van der Waals surface area (Å²) in [6.07, 6.45) is 2.15. The molecule has 3 rings (SSSR count). The number of hydrogen-bond acceptors (Lipinski definition) is 1. The molecule has 1 amide bonds. The zero-order valence-electron chi connectivity index (χ0n) is 11.4. The zero-order chi connectivity index (χ0) is 14.8. The molecule has 2 aromatic carbocycles. The van der Waals surface area contributed by atoms with E-state index in [1.54, 1.807) is 12.1 Å². The molecular weight excluding hydrogens is 350 g/mol. The highest BCUT2D eigenvalue weighted by molar-refractivity contribution is 9.10. The summed E-state index contributed by atoms with van der Waals surface area (Å²) < 4.78 is 0.866. The Morgan fingerprint density at radius 1 is 1.19 bits per heavy atom. The van der Waals surface area contributed by atoms with Gasteiger partial charge in [0.25, 0.3) is 5.91 Å². The van der Waals surface area contributed by atoms with Gasteiger partial charge in [0, 0.05) is 17.1 Å². The van der Waals surface area contributed by atoms with Crippen LogP contribution in [0.4, 0.5) is 0 Å². The highest BCUT2D eigenvalue weighted by Gasteiger charge is 2.33. The fourth-order valence-electron chi connectivity index (χ4n) is 2.35. The summed E-state index contributed by atoms with van der Waals surface area (Å²) in [6.45, 7) is 0.632. The van der Waals surface area contributed by atoms with Crippen molar-refractivity contribution in [1.82, 2.24) is 4.90 Å². The number of amides is 1. The Balaban J connectivity index is 1.87. The maximum absolute atomic E-state index is 12.8. The molecule has 1 saturated carbocycles. The molecule has 0 spiro atoms. The molecule has 0 heterocycles. The zero-order valence-corrected chi connectivity index (χ0v) is 13.8. The van der Waals surface area contributed by atoms with E-state index in [1.165, 1.54) is 0 Å². The lowest BCUT2D eigenvalue weighted by Gasteiger charge is -2.23. The molecule has 2 nitrogen and oxygen atoms in total. The number of nitrogens with zero attached hydrogens (tertiary/aromatic N) is 1. The number of carbonyl (C=O) groups is 1. The smallest absolute Gasteiger partial charge is 0.255 e. The minimum atomic E-state index is 0.00709. The van der Waals surface area contributed by atoms with E-state index in [1.807, 2.05) is 41.3 Å². The number of halogens is 2. The minimum Gasteiger partial charge on any atom is -0.331 e. The topological polar surface area (TPSA) is 20.3 Å². The van der Waals surface area contributed by atoms with Crippen molar-refractivity contribution < 1.29 is 4.79 Å². The van der Waals surface area contributed by atoms with E-state index in [9.17, 15) is 4.79 Å². The summed E-state index contributed by atoms with van der Waals surface area (Å²) >= 11 is 9.60. The molecule has 21 heavy (non-hydrogen) atoms. The highest BCUT2D eigenvalue weighted by atomic mass is 79.9. The van der Waals surface area contributed by atoms with Gasteiger partial charge in [0.15, 0.2) is 0 Å². The van der Waals surface area contributed by atoms with E-state index in [-0.39, 0.29) is 5.91 Å². The van der Waals surface area contributed by atoms with Gasteiger partial charge in [-0.1, -0.05) is 57.9 Å². The molecule has 0 bridgehead atoms. The van der Waals surface area contributed by atoms with Crippen LogP contribution >= 0.6 is 27.5 Å². The van der Waals surface area contributed by atoms with Gasteiger partial charge in [-0.3, -0.25) is 4.79 Å². The summed E-state index contributed by atoms with van der Waals surface area (Å²) in [5.41, 5.74) is 1.71. The van der Waals surface area contributed by atoms with Crippen LogP contribution in [0.25, 0.3) is 0 Å². The second-order valence-corrected chi connectivity index (χ2v) is 6.60. The van der Waals surface area contributed by atoms with Crippen molar-refractivity contribution in [3.63, 3.8) is 0 Å². The van der Waals surface area contributed by atoms with Crippen LogP contribution in [0.5, 0.6) is 0 Å². The Morgan fingerprint density at radius 3 is 2.57 bits per heavy atom. The van der Waals surface area contributed by atoms with Crippen molar-refractivity contribution in [1.29, 1.82) is 0 Å². The normalized spacial score (nSPS) is 14.0. The third-order valence-electron chi connectivity index (χ3n) is 3.60. The van der Waals surface area contributed by atoms with Gasteiger partial charge >= 0.3 is 0 Å². The molecule has 0 N–H and O–H groups in total. The Hall–Kier alpha value is -1.32. The van der Waals surface area contributed by atoms with Crippen molar-refractivity contribution in [2.75, 3.05) is 0 Å². The van der Waals surface area contributed by atoms with Crippen molar-refractivity contribution in [2.24, 2.45) is 0 Å². The first-order chi connectivity index (χ1) is 10.1. The molecule has 0 unspecified atom stereocenters. The van der Waals surface area contributed by atoms with Gasteiger partial charge in [0.2, 0.25) is 0 Å². The standard InChI is InChI=1S/C17H15BrClNO/c18-13-6-9-16(19)15(10-13)17(21)20(14-7-8-14)11-12-4-2-1-3-5-12/h1-6,9-10,14H,7-8,11H2. The average Bonchev–Trinajstić information content (AvgIpc) is 3.32. The van der Waals surface area contributed by atoms with Crippen LogP contribution in [0.1, 0.15) is 28.8 Å². The van der Waals surface area contributed by atoms with Crippen molar-refractivity contribution >= 4 is 33.4 Å². The van der Waals surface area contributed by atoms with Gasteiger partial charge in [0.05, 0.1) is 10.6 Å². The van der Waals surface area contributed by atoms with Crippen LogP contribution in [0.2, 0.25) is 5.02 Å². The summed E-state index contributed by atoms with van der Waals surface area (Å²) in [4.78, 5) is 14.8. The van der Waals surface area contributed by atoms with E-state index >= 15 is 0 Å². The fraction of sp³-hybridized carbons (Fsp3) is 0.235. The van der Waals surface area contributed by atoms with Crippen LogP contribution in [0.3, 0.4) is 0 Å². The predicted octanol–water partition coefficient (Wildman–Crippen LogP) is 4.91. The summed E-state index contributed by atoms with van der Waals surface area (Å²) in [6, 6.07) is 15.8. The molecule has 1 aliphatic carbocycles. The Kier molecular flexibility index (Phi) is 4.32. The first-order valence-electron chi connectivity index (χ1n) is 6.95. The molecule has 4 heteroatoms. The first kappa shape index (κ1) is 14.6. The number of rotatable bonds is 4. The van der Waals surface area contributed by atoms with Crippen LogP contribution in [-0.2, 0) is 6.54 Å². The lowest BCUT2D eigenvalue weighted by Crippen LogP contribution is -2.32. The Labute approximate surface area is 137 Å². The summed E-state index contributed by atoms with van der Waals surface area (Å²) in [5.74, 6) is 0.00709. The fourth-order valence-corrected chi connectivity index (χ4v) is 2.91. The second kappa shape index (κ2) is 6.20. The largest absolute Gasteiger partial charge is 0.331 e. The van der Waals surface area contributed by atoms with Gasteiger partial charge in [-0.25, -0.2) is 0 Å². The molecule has 1 fully saturated rings. The number of carbonyl (C=O) groups excluding carboxylic acids is 1. The monoisotopic (exact) mass is 363 g/mol. The molecule has 0 aliphatic heterocycles. The quantitative estimate of drug-likeness (QED) is 0.755. The van der Waals surface area contributed by atoms with Gasteiger partial charge in [-0.2, -0.15) is 0 Å². The number of hydrogen-bond donors (Lipinski definition) is 0. The van der Waals surface area contributed by atoms with Crippen LogP contribution in [-0.4, -0.2) is 16.8 Å².